The van der Waals surface area contributed by atoms with E-state index in [0.29, 0.717) is 18.8 Å². The molecule has 0 aliphatic rings. The van der Waals surface area contributed by atoms with Crippen molar-refractivity contribution in [2.24, 2.45) is 5.73 Å². The summed E-state index contributed by atoms with van der Waals surface area (Å²) < 4.78 is 0. The van der Waals surface area contributed by atoms with Crippen LogP contribution in [0.3, 0.4) is 0 Å². The van der Waals surface area contributed by atoms with Crippen LogP contribution >= 0.6 is 0 Å². The second-order valence-electron chi connectivity index (χ2n) is 4.63. The monoisotopic (exact) mass is 271 g/mol. The van der Waals surface area contributed by atoms with E-state index in [1.165, 1.54) is 6.07 Å². The molecule has 5 nitrogen and oxygen atoms in total. The van der Waals surface area contributed by atoms with Crippen LogP contribution in [-0.2, 0) is 13.1 Å². The van der Waals surface area contributed by atoms with E-state index < -0.39 is 0 Å². The molecule has 0 atom stereocenters. The Balaban J connectivity index is 2.29. The number of hydrogen-bond acceptors (Lipinski definition) is 4. The first-order valence-electron chi connectivity index (χ1n) is 6.34. The number of nitrogens with zero attached hydrogens (tertiary/aromatic N) is 2. The highest BCUT2D eigenvalue weighted by atomic mass is 16.6. The smallest absolute Gasteiger partial charge is 0.292 e. The van der Waals surface area contributed by atoms with Crippen LogP contribution in [0.4, 0.5) is 11.4 Å². The zero-order valence-corrected chi connectivity index (χ0v) is 11.3. The van der Waals surface area contributed by atoms with Gasteiger partial charge in [-0.15, -0.1) is 0 Å². The minimum atomic E-state index is -0.365. The van der Waals surface area contributed by atoms with E-state index in [1.807, 2.05) is 48.3 Å². The number of anilines is 1. The minimum absolute atomic E-state index is 0.0892. The Hall–Kier alpha value is -2.40. The molecule has 0 saturated heterocycles. The summed E-state index contributed by atoms with van der Waals surface area (Å²) in [4.78, 5) is 12.7. The molecule has 2 aromatic rings. The Morgan fingerprint density at radius 2 is 1.85 bits per heavy atom. The molecular formula is C15H17N3O2. The first-order chi connectivity index (χ1) is 9.61. The molecule has 0 heterocycles. The van der Waals surface area contributed by atoms with E-state index >= 15 is 0 Å². The fraction of sp³-hybridized carbons (Fsp3) is 0.200. The van der Waals surface area contributed by atoms with Crippen LogP contribution in [0.15, 0.2) is 48.5 Å². The normalized spacial score (nSPS) is 10.3. The molecular weight excluding hydrogens is 254 g/mol. The molecule has 0 aliphatic carbocycles. The number of benzene rings is 2. The number of nitro groups is 1. The largest absolute Gasteiger partial charge is 0.365 e. The fourth-order valence-electron chi connectivity index (χ4n) is 2.11. The van der Waals surface area contributed by atoms with Crippen molar-refractivity contribution in [2.75, 3.05) is 11.9 Å². The second kappa shape index (κ2) is 6.16. The summed E-state index contributed by atoms with van der Waals surface area (Å²) in [6.07, 6.45) is 0. The van der Waals surface area contributed by atoms with Crippen LogP contribution in [0.2, 0.25) is 0 Å². The molecule has 0 amide bonds. The van der Waals surface area contributed by atoms with Gasteiger partial charge < -0.3 is 10.6 Å². The van der Waals surface area contributed by atoms with E-state index in [1.54, 1.807) is 6.07 Å². The number of hydrogen-bond donors (Lipinski definition) is 1. The van der Waals surface area contributed by atoms with Gasteiger partial charge in [-0.1, -0.05) is 36.4 Å². The van der Waals surface area contributed by atoms with Gasteiger partial charge >= 0.3 is 0 Å². The topological polar surface area (TPSA) is 72.4 Å². The Bertz CT molecular complexity index is 599. The van der Waals surface area contributed by atoms with Crippen molar-refractivity contribution < 1.29 is 4.92 Å². The molecule has 0 bridgehead atoms. The molecule has 2 rings (SSSR count). The van der Waals surface area contributed by atoms with Crippen LogP contribution in [0.1, 0.15) is 11.1 Å². The van der Waals surface area contributed by atoms with Gasteiger partial charge in [-0.2, -0.15) is 0 Å². The van der Waals surface area contributed by atoms with Crippen molar-refractivity contribution in [1.29, 1.82) is 0 Å². The summed E-state index contributed by atoms with van der Waals surface area (Å²) in [5, 5.41) is 11.2. The Morgan fingerprint density at radius 3 is 2.45 bits per heavy atom. The summed E-state index contributed by atoms with van der Waals surface area (Å²) in [7, 11) is 1.84. The molecule has 2 N–H and O–H groups in total. The van der Waals surface area contributed by atoms with Crippen molar-refractivity contribution in [3.63, 3.8) is 0 Å². The third-order valence-electron chi connectivity index (χ3n) is 3.15. The van der Waals surface area contributed by atoms with Crippen molar-refractivity contribution >= 4 is 11.4 Å². The van der Waals surface area contributed by atoms with Crippen LogP contribution in [0.5, 0.6) is 0 Å². The van der Waals surface area contributed by atoms with Gasteiger partial charge in [0.05, 0.1) is 4.92 Å². The Kier molecular flexibility index (Phi) is 4.32. The van der Waals surface area contributed by atoms with Gasteiger partial charge in [0.15, 0.2) is 0 Å². The average molecular weight is 271 g/mol. The predicted molar refractivity (Wildman–Crippen MR) is 79.5 cm³/mol. The van der Waals surface area contributed by atoms with Gasteiger partial charge in [0.25, 0.3) is 5.69 Å². The summed E-state index contributed by atoms with van der Waals surface area (Å²) in [6, 6.07) is 15.0. The van der Waals surface area contributed by atoms with Crippen molar-refractivity contribution in [2.45, 2.75) is 13.1 Å². The molecule has 0 radical (unpaired) electrons. The van der Waals surface area contributed by atoms with Gasteiger partial charge in [-0.3, -0.25) is 10.1 Å². The van der Waals surface area contributed by atoms with E-state index in [0.717, 1.165) is 11.1 Å². The maximum atomic E-state index is 11.2. The van der Waals surface area contributed by atoms with E-state index in [4.69, 9.17) is 5.73 Å². The summed E-state index contributed by atoms with van der Waals surface area (Å²) >= 11 is 0. The first-order valence-corrected chi connectivity index (χ1v) is 6.34. The van der Waals surface area contributed by atoms with Crippen molar-refractivity contribution in [3.8, 4) is 0 Å². The van der Waals surface area contributed by atoms with Gasteiger partial charge in [0, 0.05) is 26.2 Å². The van der Waals surface area contributed by atoms with Crippen LogP contribution in [0, 0.1) is 10.1 Å². The molecule has 0 spiro atoms. The molecule has 0 saturated carbocycles. The third kappa shape index (κ3) is 3.13. The molecule has 2 aromatic carbocycles. The zero-order chi connectivity index (χ0) is 14.5. The Morgan fingerprint density at radius 1 is 1.15 bits per heavy atom. The maximum absolute atomic E-state index is 11.2. The first kappa shape index (κ1) is 14.0. The molecule has 0 aliphatic heterocycles. The van der Waals surface area contributed by atoms with Crippen molar-refractivity contribution in [1.82, 2.24) is 0 Å². The van der Waals surface area contributed by atoms with Gasteiger partial charge in [-0.25, -0.2) is 0 Å². The highest BCUT2D eigenvalue weighted by molar-refractivity contribution is 5.64. The fourth-order valence-corrected chi connectivity index (χ4v) is 2.11. The SMILES string of the molecule is CN(Cc1ccccc1)c1ccc(CN)cc1[N+](=O)[O-]. The molecule has 5 heteroatoms. The lowest BCUT2D eigenvalue weighted by Gasteiger charge is -2.19. The van der Waals surface area contributed by atoms with Crippen molar-refractivity contribution in [3.05, 3.63) is 69.8 Å². The summed E-state index contributed by atoms with van der Waals surface area (Å²) in [6.45, 7) is 0.910. The average Bonchev–Trinajstić information content (AvgIpc) is 2.47. The summed E-state index contributed by atoms with van der Waals surface area (Å²) in [5.41, 5.74) is 8.08. The van der Waals surface area contributed by atoms with E-state index in [2.05, 4.69) is 0 Å². The second-order valence-corrected chi connectivity index (χ2v) is 4.63. The van der Waals surface area contributed by atoms with Crippen LogP contribution in [-0.4, -0.2) is 12.0 Å². The third-order valence-corrected chi connectivity index (χ3v) is 3.15. The lowest BCUT2D eigenvalue weighted by Crippen LogP contribution is -2.18. The van der Waals surface area contributed by atoms with Crippen LogP contribution in [0.25, 0.3) is 0 Å². The van der Waals surface area contributed by atoms with Gasteiger partial charge in [0.1, 0.15) is 5.69 Å². The Labute approximate surface area is 117 Å². The molecule has 0 fully saturated rings. The highest BCUT2D eigenvalue weighted by Gasteiger charge is 2.17. The lowest BCUT2D eigenvalue weighted by atomic mass is 10.1. The van der Waals surface area contributed by atoms with E-state index in [9.17, 15) is 10.1 Å². The molecule has 20 heavy (non-hydrogen) atoms. The molecule has 0 unspecified atom stereocenters. The highest BCUT2D eigenvalue weighted by Crippen LogP contribution is 2.29. The number of rotatable bonds is 5. The standard InChI is InChI=1S/C15H17N3O2/c1-17(11-12-5-3-2-4-6-12)14-8-7-13(10-16)9-15(14)18(19)20/h2-9H,10-11,16H2,1H3. The zero-order valence-electron chi connectivity index (χ0n) is 11.3. The van der Waals surface area contributed by atoms with Gasteiger partial charge in [-0.05, 0) is 17.2 Å². The minimum Gasteiger partial charge on any atom is -0.365 e. The maximum Gasteiger partial charge on any atom is 0.292 e. The lowest BCUT2D eigenvalue weighted by molar-refractivity contribution is -0.384. The summed E-state index contributed by atoms with van der Waals surface area (Å²) in [5.74, 6) is 0. The molecule has 0 aromatic heterocycles. The quantitative estimate of drug-likeness (QED) is 0.670. The predicted octanol–water partition coefficient (Wildman–Crippen LogP) is 2.69. The number of nitro benzene ring substituents is 1. The van der Waals surface area contributed by atoms with E-state index in [-0.39, 0.29) is 10.6 Å². The van der Waals surface area contributed by atoms with Gasteiger partial charge in [0.2, 0.25) is 0 Å². The molecule has 104 valence electrons. The number of nitrogens with two attached hydrogens (primary N) is 1. The van der Waals surface area contributed by atoms with Crippen LogP contribution < -0.4 is 10.6 Å².